The van der Waals surface area contributed by atoms with Gasteiger partial charge < -0.3 is 25.0 Å². The highest BCUT2D eigenvalue weighted by atomic mass is 19.1. The molecule has 1 aromatic carbocycles. The predicted molar refractivity (Wildman–Crippen MR) is 87.4 cm³/mol. The van der Waals surface area contributed by atoms with Crippen LogP contribution in [-0.2, 0) is 4.74 Å². The summed E-state index contributed by atoms with van der Waals surface area (Å²) < 4.78 is 24.8. The van der Waals surface area contributed by atoms with E-state index in [1.165, 1.54) is 7.11 Å². The topological polar surface area (TPSA) is 68.0 Å². The quantitative estimate of drug-likeness (QED) is 0.846. The summed E-state index contributed by atoms with van der Waals surface area (Å²) in [6, 6.07) is 3.26. The van der Waals surface area contributed by atoms with E-state index in [0.29, 0.717) is 31.9 Å². The van der Waals surface area contributed by atoms with Crippen LogP contribution in [0.2, 0.25) is 0 Å². The second-order valence-electron chi connectivity index (χ2n) is 6.48. The average Bonchev–Trinajstić information content (AvgIpc) is 2.46. The van der Waals surface area contributed by atoms with Gasteiger partial charge in [0.25, 0.3) is 0 Å². The maximum atomic E-state index is 14.4. The van der Waals surface area contributed by atoms with E-state index in [1.54, 1.807) is 17.0 Å². The molecule has 0 saturated carbocycles. The normalized spacial score (nSPS) is 15.5. The Morgan fingerprint density at radius 2 is 1.83 bits per heavy atom. The SMILES string of the molecule is COc1c(N)ccc(N2CCN(C(=O)OC(C)(C)C)CC2)c1F. The van der Waals surface area contributed by atoms with Crippen LogP contribution in [0.25, 0.3) is 0 Å². The first-order valence-electron chi connectivity index (χ1n) is 7.58. The third kappa shape index (κ3) is 3.97. The molecule has 1 heterocycles. The summed E-state index contributed by atoms with van der Waals surface area (Å²) in [5.74, 6) is -0.421. The molecule has 23 heavy (non-hydrogen) atoms. The number of rotatable bonds is 2. The molecule has 0 bridgehead atoms. The van der Waals surface area contributed by atoms with Gasteiger partial charge in [0.15, 0.2) is 11.6 Å². The van der Waals surface area contributed by atoms with Crippen LogP contribution in [0.5, 0.6) is 5.75 Å². The molecule has 0 unspecified atom stereocenters. The molecule has 1 amide bonds. The zero-order valence-corrected chi connectivity index (χ0v) is 14.1. The highest BCUT2D eigenvalue weighted by Gasteiger charge is 2.27. The lowest BCUT2D eigenvalue weighted by Crippen LogP contribution is -2.50. The van der Waals surface area contributed by atoms with Gasteiger partial charge in [-0.05, 0) is 32.9 Å². The van der Waals surface area contributed by atoms with Gasteiger partial charge in [0.1, 0.15) is 5.60 Å². The van der Waals surface area contributed by atoms with Gasteiger partial charge in [0.2, 0.25) is 0 Å². The lowest BCUT2D eigenvalue weighted by molar-refractivity contribution is 0.0240. The number of anilines is 2. The first kappa shape index (κ1) is 17.2. The van der Waals surface area contributed by atoms with Gasteiger partial charge in [-0.25, -0.2) is 9.18 Å². The number of halogens is 1. The number of carbonyl (C=O) groups is 1. The molecule has 0 radical (unpaired) electrons. The van der Waals surface area contributed by atoms with E-state index in [1.807, 2.05) is 25.7 Å². The van der Waals surface area contributed by atoms with Crippen molar-refractivity contribution in [3.8, 4) is 5.75 Å². The van der Waals surface area contributed by atoms with E-state index in [0.717, 1.165) is 0 Å². The molecule has 0 aliphatic carbocycles. The predicted octanol–water partition coefficient (Wildman–Crippen LogP) is 2.47. The molecular formula is C16H24FN3O3. The summed E-state index contributed by atoms with van der Waals surface area (Å²) in [6.45, 7) is 7.47. The van der Waals surface area contributed by atoms with Gasteiger partial charge in [-0.15, -0.1) is 0 Å². The number of piperazine rings is 1. The van der Waals surface area contributed by atoms with Crippen LogP contribution in [0.3, 0.4) is 0 Å². The molecule has 128 valence electrons. The number of nitrogen functional groups attached to an aromatic ring is 1. The number of hydrogen-bond acceptors (Lipinski definition) is 5. The second-order valence-corrected chi connectivity index (χ2v) is 6.48. The fourth-order valence-corrected chi connectivity index (χ4v) is 2.47. The van der Waals surface area contributed by atoms with Gasteiger partial charge in [-0.1, -0.05) is 0 Å². The van der Waals surface area contributed by atoms with Crippen LogP contribution in [0.15, 0.2) is 12.1 Å². The lowest BCUT2D eigenvalue weighted by atomic mass is 10.2. The summed E-state index contributed by atoms with van der Waals surface area (Å²) in [5, 5.41) is 0. The number of ether oxygens (including phenoxy) is 2. The number of nitrogens with two attached hydrogens (primary N) is 1. The summed E-state index contributed by atoms with van der Waals surface area (Å²) in [6.07, 6.45) is -0.340. The Kier molecular flexibility index (Phi) is 4.87. The Bertz CT molecular complexity index is 579. The van der Waals surface area contributed by atoms with Crippen molar-refractivity contribution in [2.24, 2.45) is 0 Å². The monoisotopic (exact) mass is 325 g/mol. The van der Waals surface area contributed by atoms with Crippen molar-refractivity contribution in [3.63, 3.8) is 0 Å². The van der Waals surface area contributed by atoms with Gasteiger partial charge >= 0.3 is 6.09 Å². The molecule has 2 N–H and O–H groups in total. The van der Waals surface area contributed by atoms with E-state index < -0.39 is 11.4 Å². The molecule has 2 rings (SSSR count). The molecular weight excluding hydrogens is 301 g/mol. The van der Waals surface area contributed by atoms with Crippen LogP contribution in [0, 0.1) is 5.82 Å². The van der Waals surface area contributed by atoms with Gasteiger partial charge in [-0.3, -0.25) is 0 Å². The van der Waals surface area contributed by atoms with Crippen molar-refractivity contribution < 1.29 is 18.7 Å². The Morgan fingerprint density at radius 3 is 2.35 bits per heavy atom. The molecule has 1 aliphatic rings. The number of carbonyl (C=O) groups excluding carboxylic acids is 1. The maximum Gasteiger partial charge on any atom is 0.410 e. The fraction of sp³-hybridized carbons (Fsp3) is 0.562. The highest BCUT2D eigenvalue weighted by molar-refractivity contribution is 5.69. The summed E-state index contributed by atoms with van der Waals surface area (Å²) in [7, 11) is 1.39. The summed E-state index contributed by atoms with van der Waals surface area (Å²) >= 11 is 0. The molecule has 7 heteroatoms. The second kappa shape index (κ2) is 6.52. The average molecular weight is 325 g/mol. The van der Waals surface area contributed by atoms with Crippen molar-refractivity contribution in [2.75, 3.05) is 43.9 Å². The lowest BCUT2D eigenvalue weighted by Gasteiger charge is -2.37. The number of amides is 1. The first-order valence-corrected chi connectivity index (χ1v) is 7.58. The van der Waals surface area contributed by atoms with Crippen LogP contribution < -0.4 is 15.4 Å². The molecule has 6 nitrogen and oxygen atoms in total. The Labute approximate surface area is 135 Å². The molecule has 0 atom stereocenters. The van der Waals surface area contributed by atoms with Crippen molar-refractivity contribution in [1.29, 1.82) is 0 Å². The van der Waals surface area contributed by atoms with Gasteiger partial charge in [0, 0.05) is 26.2 Å². The van der Waals surface area contributed by atoms with Crippen LogP contribution in [-0.4, -0.2) is 49.9 Å². The van der Waals surface area contributed by atoms with Crippen molar-refractivity contribution in [3.05, 3.63) is 17.9 Å². The van der Waals surface area contributed by atoms with Crippen molar-refractivity contribution >= 4 is 17.5 Å². The highest BCUT2D eigenvalue weighted by Crippen LogP contribution is 2.33. The van der Waals surface area contributed by atoms with E-state index in [9.17, 15) is 9.18 Å². The third-order valence-corrected chi connectivity index (χ3v) is 3.58. The molecule has 1 aromatic rings. The van der Waals surface area contributed by atoms with Crippen LogP contribution in [0.1, 0.15) is 20.8 Å². The minimum Gasteiger partial charge on any atom is -0.492 e. The standard InChI is InChI=1S/C16H24FN3O3/c1-16(2,3)23-15(21)20-9-7-19(8-10-20)12-6-5-11(18)14(22-4)13(12)17/h5-6H,7-10,18H2,1-4H3. The zero-order chi connectivity index (χ0) is 17.2. The third-order valence-electron chi connectivity index (χ3n) is 3.58. The van der Waals surface area contributed by atoms with E-state index in [-0.39, 0.29) is 17.5 Å². The molecule has 1 aliphatic heterocycles. The van der Waals surface area contributed by atoms with Crippen LogP contribution in [0.4, 0.5) is 20.6 Å². The van der Waals surface area contributed by atoms with Gasteiger partial charge in [0.05, 0.1) is 18.5 Å². The minimum atomic E-state index is -0.523. The first-order chi connectivity index (χ1) is 10.7. The Morgan fingerprint density at radius 1 is 1.22 bits per heavy atom. The molecule has 1 fully saturated rings. The Hall–Kier alpha value is -2.18. The molecule has 0 spiro atoms. The largest absolute Gasteiger partial charge is 0.492 e. The number of hydrogen-bond donors (Lipinski definition) is 1. The van der Waals surface area contributed by atoms with Crippen molar-refractivity contribution in [2.45, 2.75) is 26.4 Å². The fourth-order valence-electron chi connectivity index (χ4n) is 2.47. The van der Waals surface area contributed by atoms with E-state index in [2.05, 4.69) is 0 Å². The van der Waals surface area contributed by atoms with Crippen molar-refractivity contribution in [1.82, 2.24) is 4.90 Å². The number of methoxy groups -OCH3 is 1. The van der Waals surface area contributed by atoms with E-state index >= 15 is 0 Å². The summed E-state index contributed by atoms with van der Waals surface area (Å²) in [5.41, 5.74) is 5.87. The summed E-state index contributed by atoms with van der Waals surface area (Å²) in [4.78, 5) is 15.5. The zero-order valence-electron chi connectivity index (χ0n) is 14.1. The molecule has 1 saturated heterocycles. The molecule has 0 aromatic heterocycles. The maximum absolute atomic E-state index is 14.4. The van der Waals surface area contributed by atoms with Crippen LogP contribution >= 0.6 is 0 Å². The number of nitrogens with zero attached hydrogens (tertiary/aromatic N) is 2. The number of benzene rings is 1. The van der Waals surface area contributed by atoms with Gasteiger partial charge in [-0.2, -0.15) is 0 Å². The minimum absolute atomic E-state index is 0.0528. The Balaban J connectivity index is 2.04. The smallest absolute Gasteiger partial charge is 0.410 e. The van der Waals surface area contributed by atoms with E-state index in [4.69, 9.17) is 15.2 Å².